The maximum Gasteiger partial charge on any atom is 0.269 e. The first-order valence-electron chi connectivity index (χ1n) is 8.61. The van der Waals surface area contributed by atoms with Crippen molar-refractivity contribution in [3.05, 3.63) is 103 Å². The third kappa shape index (κ3) is 5.11. The number of hydrogen-bond acceptors (Lipinski definition) is 4. The molecule has 30 heavy (non-hydrogen) atoms. The van der Waals surface area contributed by atoms with E-state index < -0.39 is 4.92 Å². The Morgan fingerprint density at radius 1 is 1.03 bits per heavy atom. The fourth-order valence-electron chi connectivity index (χ4n) is 2.68. The van der Waals surface area contributed by atoms with E-state index in [1.54, 1.807) is 24.3 Å². The molecule has 0 fully saturated rings. The minimum Gasteiger partial charge on any atom is -0.486 e. The van der Waals surface area contributed by atoms with Crippen LogP contribution in [0.3, 0.4) is 0 Å². The number of allylic oxidation sites excluding steroid dienone is 1. The van der Waals surface area contributed by atoms with Gasteiger partial charge in [0.05, 0.1) is 26.6 Å². The van der Waals surface area contributed by atoms with E-state index in [1.807, 2.05) is 18.2 Å². The Kier molecular flexibility index (Phi) is 6.96. The topological polar surface area (TPSA) is 76.2 Å². The number of nitro groups is 1. The van der Waals surface area contributed by atoms with Crippen LogP contribution in [0.1, 0.15) is 16.7 Å². The minimum absolute atomic E-state index is 0.0536. The molecule has 0 aliphatic rings. The van der Waals surface area contributed by atoms with Gasteiger partial charge in [0.1, 0.15) is 6.61 Å². The number of halogens is 3. The van der Waals surface area contributed by atoms with Crippen molar-refractivity contribution in [1.82, 2.24) is 0 Å². The Labute approximate surface area is 187 Å². The van der Waals surface area contributed by atoms with Gasteiger partial charge in [0.15, 0.2) is 5.75 Å². The average molecular weight is 460 g/mol. The summed E-state index contributed by atoms with van der Waals surface area (Å²) in [4.78, 5) is 10.3. The summed E-state index contributed by atoms with van der Waals surface area (Å²) in [6.45, 7) is 0.195. The Morgan fingerprint density at radius 3 is 2.23 bits per heavy atom. The molecule has 0 aliphatic carbocycles. The molecule has 0 heterocycles. The number of nitriles is 1. The zero-order valence-corrected chi connectivity index (χ0v) is 17.6. The molecule has 3 aromatic rings. The van der Waals surface area contributed by atoms with Crippen LogP contribution in [-0.4, -0.2) is 4.92 Å². The lowest BCUT2D eigenvalue weighted by molar-refractivity contribution is -0.384. The summed E-state index contributed by atoms with van der Waals surface area (Å²) >= 11 is 18.8. The fraction of sp³-hybridized carbons (Fsp3) is 0.0455. The average Bonchev–Trinajstić information content (AvgIpc) is 2.72. The Bertz CT molecular complexity index is 1150. The molecule has 0 radical (unpaired) electrons. The number of benzene rings is 3. The molecule has 3 aromatic carbocycles. The van der Waals surface area contributed by atoms with Gasteiger partial charge in [-0.2, -0.15) is 5.26 Å². The summed E-state index contributed by atoms with van der Waals surface area (Å²) < 4.78 is 5.74. The van der Waals surface area contributed by atoms with E-state index in [2.05, 4.69) is 6.07 Å². The first-order valence-corrected chi connectivity index (χ1v) is 9.74. The second-order valence-corrected chi connectivity index (χ2v) is 7.39. The van der Waals surface area contributed by atoms with E-state index in [4.69, 9.17) is 39.5 Å². The van der Waals surface area contributed by atoms with Crippen molar-refractivity contribution in [3.63, 3.8) is 0 Å². The van der Waals surface area contributed by atoms with Crippen LogP contribution in [-0.2, 0) is 6.61 Å². The normalized spacial score (nSPS) is 11.1. The number of hydrogen-bond donors (Lipinski definition) is 0. The highest BCUT2D eigenvalue weighted by Crippen LogP contribution is 2.36. The Balaban J connectivity index is 1.85. The van der Waals surface area contributed by atoms with E-state index in [0.29, 0.717) is 27.5 Å². The lowest BCUT2D eigenvalue weighted by Crippen LogP contribution is -1.97. The Morgan fingerprint density at radius 2 is 1.67 bits per heavy atom. The predicted octanol–water partition coefficient (Wildman–Crippen LogP) is 7.20. The third-order valence-electron chi connectivity index (χ3n) is 4.17. The van der Waals surface area contributed by atoms with E-state index in [0.717, 1.165) is 5.56 Å². The van der Waals surface area contributed by atoms with E-state index in [9.17, 15) is 15.4 Å². The van der Waals surface area contributed by atoms with Gasteiger partial charge in [-0.1, -0.05) is 53.0 Å². The molecule has 0 amide bonds. The van der Waals surface area contributed by atoms with Crippen LogP contribution in [0.4, 0.5) is 5.69 Å². The van der Waals surface area contributed by atoms with Gasteiger partial charge in [-0.05, 0) is 47.5 Å². The molecule has 8 heteroatoms. The highest BCUT2D eigenvalue weighted by Gasteiger charge is 2.12. The van der Waals surface area contributed by atoms with Gasteiger partial charge in [0.2, 0.25) is 0 Å². The minimum atomic E-state index is -0.500. The lowest BCUT2D eigenvalue weighted by Gasteiger charge is -2.12. The van der Waals surface area contributed by atoms with Gasteiger partial charge in [0.25, 0.3) is 5.69 Å². The standard InChI is InChI=1S/C22H13Cl3N2O3/c23-19-4-2-1-3-16(19)13-30-22-20(24)10-14(11-21(22)25)9-17(12-26)15-5-7-18(8-6-15)27(28)29/h1-11H,13H2/b17-9+. The molecule has 0 saturated carbocycles. The van der Waals surface area contributed by atoms with Gasteiger partial charge in [-0.15, -0.1) is 0 Å². The van der Waals surface area contributed by atoms with Crippen molar-refractivity contribution in [2.45, 2.75) is 6.61 Å². The van der Waals surface area contributed by atoms with Crippen molar-refractivity contribution in [3.8, 4) is 11.8 Å². The number of rotatable bonds is 6. The summed E-state index contributed by atoms with van der Waals surface area (Å²) in [6, 6.07) is 18.3. The van der Waals surface area contributed by atoms with Gasteiger partial charge in [0, 0.05) is 22.7 Å². The molecule has 0 aliphatic heterocycles. The van der Waals surface area contributed by atoms with Crippen LogP contribution in [0.25, 0.3) is 11.6 Å². The van der Waals surface area contributed by atoms with Crippen LogP contribution >= 0.6 is 34.8 Å². The number of ether oxygens (including phenoxy) is 1. The fourth-order valence-corrected chi connectivity index (χ4v) is 3.48. The predicted molar refractivity (Wildman–Crippen MR) is 119 cm³/mol. The molecule has 0 bridgehead atoms. The van der Waals surface area contributed by atoms with Crippen LogP contribution in [0.2, 0.25) is 15.1 Å². The second kappa shape index (κ2) is 9.64. The van der Waals surface area contributed by atoms with Crippen molar-refractivity contribution >= 4 is 52.1 Å². The molecular weight excluding hydrogens is 447 g/mol. The molecule has 0 spiro atoms. The van der Waals surface area contributed by atoms with Gasteiger partial charge >= 0.3 is 0 Å². The molecular formula is C22H13Cl3N2O3. The maximum absolute atomic E-state index is 10.8. The molecule has 150 valence electrons. The maximum atomic E-state index is 10.8. The summed E-state index contributed by atoms with van der Waals surface area (Å²) in [5, 5.41) is 21.4. The smallest absolute Gasteiger partial charge is 0.269 e. The summed E-state index contributed by atoms with van der Waals surface area (Å²) in [5.41, 5.74) is 2.17. The molecule has 5 nitrogen and oxygen atoms in total. The van der Waals surface area contributed by atoms with E-state index in [1.165, 1.54) is 24.3 Å². The van der Waals surface area contributed by atoms with Crippen molar-refractivity contribution in [2.75, 3.05) is 0 Å². The highest BCUT2D eigenvalue weighted by atomic mass is 35.5. The van der Waals surface area contributed by atoms with Crippen molar-refractivity contribution in [1.29, 1.82) is 5.26 Å². The third-order valence-corrected chi connectivity index (χ3v) is 5.10. The second-order valence-electron chi connectivity index (χ2n) is 6.17. The number of nitro benzene ring substituents is 1. The number of nitrogens with zero attached hydrogens (tertiary/aromatic N) is 2. The SMILES string of the molecule is N#C/C(=C\c1cc(Cl)c(OCc2ccccc2Cl)c(Cl)c1)c1ccc([N+](=O)[O-])cc1. The zero-order valence-electron chi connectivity index (χ0n) is 15.3. The first-order chi connectivity index (χ1) is 14.4. The summed E-state index contributed by atoms with van der Waals surface area (Å²) in [6.07, 6.45) is 1.59. The van der Waals surface area contributed by atoms with Crippen LogP contribution in [0.15, 0.2) is 60.7 Å². The summed E-state index contributed by atoms with van der Waals surface area (Å²) in [7, 11) is 0. The molecule has 0 atom stereocenters. The molecule has 0 unspecified atom stereocenters. The molecule has 3 rings (SSSR count). The van der Waals surface area contributed by atoms with Crippen LogP contribution in [0, 0.1) is 21.4 Å². The quantitative estimate of drug-likeness (QED) is 0.169. The van der Waals surface area contributed by atoms with Gasteiger partial charge < -0.3 is 4.74 Å². The number of non-ortho nitro benzene ring substituents is 1. The lowest BCUT2D eigenvalue weighted by atomic mass is 10.0. The van der Waals surface area contributed by atoms with E-state index >= 15 is 0 Å². The van der Waals surface area contributed by atoms with E-state index in [-0.39, 0.29) is 22.3 Å². The van der Waals surface area contributed by atoms with Crippen molar-refractivity contribution in [2.24, 2.45) is 0 Å². The van der Waals surface area contributed by atoms with Crippen molar-refractivity contribution < 1.29 is 9.66 Å². The van der Waals surface area contributed by atoms with Gasteiger partial charge in [-0.3, -0.25) is 10.1 Å². The molecule has 0 saturated heterocycles. The largest absolute Gasteiger partial charge is 0.486 e. The highest BCUT2D eigenvalue weighted by molar-refractivity contribution is 6.37. The monoisotopic (exact) mass is 458 g/mol. The Hall–Kier alpha value is -3.04. The van der Waals surface area contributed by atoms with Gasteiger partial charge in [-0.25, -0.2) is 0 Å². The molecule has 0 aromatic heterocycles. The van der Waals surface area contributed by atoms with Crippen LogP contribution < -0.4 is 4.74 Å². The van der Waals surface area contributed by atoms with Crippen LogP contribution in [0.5, 0.6) is 5.75 Å². The zero-order chi connectivity index (χ0) is 21.7. The first kappa shape index (κ1) is 21.7. The molecule has 0 N–H and O–H groups in total. The summed E-state index contributed by atoms with van der Waals surface area (Å²) in [5.74, 6) is 0.309.